The second-order valence-electron chi connectivity index (χ2n) is 7.38. The molecule has 1 aliphatic heterocycles. The fourth-order valence-corrected chi connectivity index (χ4v) is 4.07. The van der Waals surface area contributed by atoms with E-state index in [2.05, 4.69) is 5.32 Å². The van der Waals surface area contributed by atoms with E-state index in [1.807, 2.05) is 11.0 Å². The summed E-state index contributed by atoms with van der Waals surface area (Å²) in [6.07, 6.45) is 0. The molecule has 1 N–H and O–H groups in total. The number of amides is 2. The van der Waals surface area contributed by atoms with Crippen LogP contribution in [0.25, 0.3) is 11.3 Å². The van der Waals surface area contributed by atoms with E-state index < -0.39 is 0 Å². The van der Waals surface area contributed by atoms with Crippen molar-refractivity contribution >= 4 is 52.3 Å². The second-order valence-corrected chi connectivity index (χ2v) is 8.64. The van der Waals surface area contributed by atoms with E-state index in [4.69, 9.17) is 39.2 Å². The van der Waals surface area contributed by atoms with Crippen LogP contribution in [0.4, 0.5) is 5.69 Å². The molecule has 166 valence electrons. The summed E-state index contributed by atoms with van der Waals surface area (Å²) in [5.74, 6) is 0.373. The molecular formula is C23H20Cl3N3O3. The predicted molar refractivity (Wildman–Crippen MR) is 127 cm³/mol. The number of piperazine rings is 1. The van der Waals surface area contributed by atoms with E-state index in [1.54, 1.807) is 53.4 Å². The van der Waals surface area contributed by atoms with Crippen LogP contribution in [0.3, 0.4) is 0 Å². The van der Waals surface area contributed by atoms with Crippen molar-refractivity contribution in [3.8, 4) is 11.3 Å². The van der Waals surface area contributed by atoms with Crippen molar-refractivity contribution in [2.24, 2.45) is 0 Å². The minimum absolute atomic E-state index is 0.146. The van der Waals surface area contributed by atoms with E-state index in [0.29, 0.717) is 58.3 Å². The second kappa shape index (κ2) is 9.96. The van der Waals surface area contributed by atoms with Crippen LogP contribution in [-0.2, 0) is 4.79 Å². The Morgan fingerprint density at radius 2 is 1.66 bits per heavy atom. The van der Waals surface area contributed by atoms with Crippen molar-refractivity contribution in [2.45, 2.75) is 0 Å². The predicted octanol–water partition coefficient (Wildman–Crippen LogP) is 5.30. The summed E-state index contributed by atoms with van der Waals surface area (Å²) < 4.78 is 5.77. The highest BCUT2D eigenvalue weighted by atomic mass is 35.5. The molecule has 9 heteroatoms. The number of halogens is 3. The first-order valence-corrected chi connectivity index (χ1v) is 11.2. The molecule has 0 bridgehead atoms. The lowest BCUT2D eigenvalue weighted by atomic mass is 10.2. The minimum Gasteiger partial charge on any atom is -0.451 e. The summed E-state index contributed by atoms with van der Waals surface area (Å²) in [4.78, 5) is 28.9. The Hall–Kier alpha value is -2.51. The summed E-state index contributed by atoms with van der Waals surface area (Å²) in [5, 5.41) is 4.33. The van der Waals surface area contributed by atoms with Gasteiger partial charge in [-0.1, -0.05) is 46.9 Å². The average molecular weight is 493 g/mol. The molecule has 6 nitrogen and oxygen atoms in total. The monoisotopic (exact) mass is 491 g/mol. The van der Waals surface area contributed by atoms with E-state index in [9.17, 15) is 9.59 Å². The summed E-state index contributed by atoms with van der Waals surface area (Å²) in [6.45, 7) is 2.37. The van der Waals surface area contributed by atoms with Gasteiger partial charge < -0.3 is 14.6 Å². The number of nitrogens with zero attached hydrogens (tertiary/aromatic N) is 2. The molecule has 0 unspecified atom stereocenters. The summed E-state index contributed by atoms with van der Waals surface area (Å²) in [7, 11) is 0. The van der Waals surface area contributed by atoms with Gasteiger partial charge in [0.15, 0.2) is 5.76 Å². The molecule has 1 saturated heterocycles. The number of carbonyl (C=O) groups is 2. The number of anilines is 1. The fraction of sp³-hybridized carbons (Fsp3) is 0.217. The maximum absolute atomic E-state index is 12.9. The van der Waals surface area contributed by atoms with Gasteiger partial charge in [0.25, 0.3) is 5.91 Å². The Morgan fingerprint density at radius 1 is 0.906 bits per heavy atom. The van der Waals surface area contributed by atoms with Gasteiger partial charge in [0.1, 0.15) is 5.76 Å². The van der Waals surface area contributed by atoms with E-state index >= 15 is 0 Å². The molecule has 1 fully saturated rings. The highest BCUT2D eigenvalue weighted by Gasteiger charge is 2.25. The largest absolute Gasteiger partial charge is 0.451 e. The molecule has 4 rings (SSSR count). The maximum atomic E-state index is 12.9. The molecule has 0 radical (unpaired) electrons. The summed E-state index contributed by atoms with van der Waals surface area (Å²) in [6, 6.07) is 15.5. The molecule has 32 heavy (non-hydrogen) atoms. The number of hydrogen-bond acceptors (Lipinski definition) is 4. The van der Waals surface area contributed by atoms with Crippen LogP contribution in [0.15, 0.2) is 59.0 Å². The Balaban J connectivity index is 1.32. The topological polar surface area (TPSA) is 65.8 Å². The normalized spacial score (nSPS) is 14.4. The number of para-hydroxylation sites is 1. The van der Waals surface area contributed by atoms with Gasteiger partial charge in [-0.25, -0.2) is 0 Å². The zero-order valence-corrected chi connectivity index (χ0v) is 19.3. The molecule has 1 aliphatic rings. The number of furan rings is 1. The highest BCUT2D eigenvalue weighted by Crippen LogP contribution is 2.32. The van der Waals surface area contributed by atoms with E-state index in [1.165, 1.54) is 0 Å². The van der Waals surface area contributed by atoms with Gasteiger partial charge >= 0.3 is 0 Å². The number of rotatable bonds is 5. The minimum atomic E-state index is -0.199. The van der Waals surface area contributed by atoms with E-state index in [0.717, 1.165) is 0 Å². The summed E-state index contributed by atoms with van der Waals surface area (Å²) >= 11 is 18.4. The number of hydrogen-bond donors (Lipinski definition) is 1. The van der Waals surface area contributed by atoms with Gasteiger partial charge in [-0.3, -0.25) is 14.5 Å². The molecule has 0 spiro atoms. The van der Waals surface area contributed by atoms with Gasteiger partial charge in [-0.05, 0) is 42.5 Å². The first kappa shape index (κ1) is 22.7. The SMILES string of the molecule is O=C(CN1CCN(C(=O)c2ccc(-c3cc(Cl)ccc3Cl)o2)CC1)Nc1ccccc1Cl. The maximum Gasteiger partial charge on any atom is 0.289 e. The van der Waals surface area contributed by atoms with Gasteiger partial charge in [-0.2, -0.15) is 0 Å². The molecule has 2 amide bonds. The van der Waals surface area contributed by atoms with Gasteiger partial charge in [-0.15, -0.1) is 0 Å². The Morgan fingerprint density at radius 3 is 2.41 bits per heavy atom. The fourth-order valence-electron chi connectivity index (χ4n) is 3.50. The Bertz CT molecular complexity index is 1140. The standard InChI is InChI=1S/C23H20Cl3N3O3/c24-15-5-6-17(25)16(13-15)20-7-8-21(32-20)23(31)29-11-9-28(10-12-29)14-22(30)27-19-4-2-1-3-18(19)26/h1-8,13H,9-12,14H2,(H,27,30). The molecule has 2 aromatic carbocycles. The third kappa shape index (κ3) is 5.27. The molecule has 2 heterocycles. The molecule has 0 atom stereocenters. The van der Waals surface area contributed by atoms with Crippen LogP contribution >= 0.6 is 34.8 Å². The molecule has 3 aromatic rings. The van der Waals surface area contributed by atoms with Crippen molar-refractivity contribution < 1.29 is 14.0 Å². The Labute approximate surface area is 200 Å². The number of benzene rings is 2. The third-order valence-corrected chi connectivity index (χ3v) is 6.08. The smallest absolute Gasteiger partial charge is 0.289 e. The highest BCUT2D eigenvalue weighted by molar-refractivity contribution is 6.35. The zero-order valence-electron chi connectivity index (χ0n) is 17.0. The number of nitrogens with one attached hydrogen (secondary N) is 1. The van der Waals surface area contributed by atoms with Gasteiger partial charge in [0, 0.05) is 36.8 Å². The van der Waals surface area contributed by atoms with Crippen LogP contribution in [0.1, 0.15) is 10.6 Å². The van der Waals surface area contributed by atoms with Crippen LogP contribution in [0, 0.1) is 0 Å². The van der Waals surface area contributed by atoms with Crippen molar-refractivity contribution in [2.75, 3.05) is 38.0 Å². The first-order valence-electron chi connectivity index (χ1n) is 10.0. The van der Waals surface area contributed by atoms with Crippen LogP contribution in [0.2, 0.25) is 15.1 Å². The number of carbonyl (C=O) groups excluding carboxylic acids is 2. The van der Waals surface area contributed by atoms with Crippen LogP contribution in [0.5, 0.6) is 0 Å². The van der Waals surface area contributed by atoms with Crippen LogP contribution in [-0.4, -0.2) is 54.3 Å². The van der Waals surface area contributed by atoms with Crippen LogP contribution < -0.4 is 5.32 Å². The van der Waals surface area contributed by atoms with Gasteiger partial charge in [0.05, 0.1) is 22.3 Å². The lowest BCUT2D eigenvalue weighted by Gasteiger charge is -2.33. The van der Waals surface area contributed by atoms with Crippen molar-refractivity contribution in [3.05, 3.63) is 75.4 Å². The third-order valence-electron chi connectivity index (χ3n) is 5.19. The zero-order chi connectivity index (χ0) is 22.7. The lowest BCUT2D eigenvalue weighted by Crippen LogP contribution is -2.50. The van der Waals surface area contributed by atoms with Crippen molar-refractivity contribution in [1.82, 2.24) is 9.80 Å². The molecule has 0 saturated carbocycles. The molecular weight excluding hydrogens is 473 g/mol. The first-order chi connectivity index (χ1) is 15.4. The lowest BCUT2D eigenvalue weighted by molar-refractivity contribution is -0.117. The molecule has 1 aromatic heterocycles. The average Bonchev–Trinajstić information content (AvgIpc) is 3.27. The molecule has 0 aliphatic carbocycles. The summed E-state index contributed by atoms with van der Waals surface area (Å²) in [5.41, 5.74) is 1.22. The van der Waals surface area contributed by atoms with E-state index in [-0.39, 0.29) is 24.1 Å². The van der Waals surface area contributed by atoms with Crippen molar-refractivity contribution in [3.63, 3.8) is 0 Å². The Kier molecular flexibility index (Phi) is 7.06. The quantitative estimate of drug-likeness (QED) is 0.525. The van der Waals surface area contributed by atoms with Crippen molar-refractivity contribution in [1.29, 1.82) is 0 Å². The van der Waals surface area contributed by atoms with Gasteiger partial charge in [0.2, 0.25) is 5.91 Å².